The number of unbranched alkanes of at least 4 members (excludes halogenated alkanes) is 5. The summed E-state index contributed by atoms with van der Waals surface area (Å²) in [4.78, 5) is 37.1. The molecule has 2 amide bonds. The highest BCUT2D eigenvalue weighted by atomic mass is 16.2. The lowest BCUT2D eigenvalue weighted by molar-refractivity contribution is -0.130. The van der Waals surface area contributed by atoms with Crippen molar-refractivity contribution in [1.82, 2.24) is 21.3 Å². The fraction of sp³-hybridized carbons (Fsp3) is 0.875. The molecule has 2 unspecified atom stereocenters. The van der Waals surface area contributed by atoms with Crippen LogP contribution in [0.5, 0.6) is 0 Å². The molecule has 0 rings (SSSR count). The predicted molar refractivity (Wildman–Crippen MR) is 128 cm³/mol. The SMILES string of the molecule is CCCCCCC(=O)NCCCCC(NC)C(=O)NC(CCCCNC)C(=O)C(C)C. The number of rotatable bonds is 20. The van der Waals surface area contributed by atoms with Crippen molar-refractivity contribution in [2.75, 3.05) is 27.2 Å². The van der Waals surface area contributed by atoms with Crippen LogP contribution in [0.3, 0.4) is 0 Å². The van der Waals surface area contributed by atoms with Crippen LogP contribution in [0.15, 0.2) is 0 Å². The van der Waals surface area contributed by atoms with E-state index < -0.39 is 6.04 Å². The monoisotopic (exact) mass is 440 g/mol. The van der Waals surface area contributed by atoms with Gasteiger partial charge in [0.25, 0.3) is 0 Å². The molecule has 0 bridgehead atoms. The van der Waals surface area contributed by atoms with Crippen LogP contribution in [0.2, 0.25) is 0 Å². The van der Waals surface area contributed by atoms with Crippen molar-refractivity contribution < 1.29 is 14.4 Å². The summed E-state index contributed by atoms with van der Waals surface area (Å²) in [5.74, 6) is -0.00932. The Labute approximate surface area is 190 Å². The first-order valence-electron chi connectivity index (χ1n) is 12.3. The second-order valence-corrected chi connectivity index (χ2v) is 8.72. The lowest BCUT2D eigenvalue weighted by Gasteiger charge is -2.23. The smallest absolute Gasteiger partial charge is 0.237 e. The van der Waals surface area contributed by atoms with Gasteiger partial charge in [0.15, 0.2) is 5.78 Å². The van der Waals surface area contributed by atoms with E-state index >= 15 is 0 Å². The van der Waals surface area contributed by atoms with Crippen LogP contribution in [0.4, 0.5) is 0 Å². The zero-order chi connectivity index (χ0) is 23.5. The molecule has 0 heterocycles. The second-order valence-electron chi connectivity index (χ2n) is 8.72. The van der Waals surface area contributed by atoms with E-state index in [4.69, 9.17) is 0 Å². The number of carbonyl (C=O) groups excluding carboxylic acids is 3. The lowest BCUT2D eigenvalue weighted by atomic mass is 9.96. The number of Topliss-reactive ketones (excluding diaryl/α,β-unsaturated/α-hetero) is 1. The van der Waals surface area contributed by atoms with Crippen LogP contribution in [0.25, 0.3) is 0 Å². The molecule has 7 heteroatoms. The Balaban J connectivity index is 4.31. The first-order valence-corrected chi connectivity index (χ1v) is 12.3. The maximum Gasteiger partial charge on any atom is 0.237 e. The second kappa shape index (κ2) is 19.2. The molecule has 0 fully saturated rings. The van der Waals surface area contributed by atoms with Crippen molar-refractivity contribution in [2.45, 2.75) is 103 Å². The third kappa shape index (κ3) is 15.0. The molecule has 182 valence electrons. The molecule has 0 aliphatic carbocycles. The topological polar surface area (TPSA) is 99.3 Å². The van der Waals surface area contributed by atoms with Crippen molar-refractivity contribution in [3.63, 3.8) is 0 Å². The van der Waals surface area contributed by atoms with Gasteiger partial charge in [0.1, 0.15) is 0 Å². The molecule has 0 aromatic rings. The summed E-state index contributed by atoms with van der Waals surface area (Å²) < 4.78 is 0. The van der Waals surface area contributed by atoms with E-state index in [9.17, 15) is 14.4 Å². The summed E-state index contributed by atoms with van der Waals surface area (Å²) in [7, 11) is 3.68. The van der Waals surface area contributed by atoms with Gasteiger partial charge in [-0.2, -0.15) is 0 Å². The van der Waals surface area contributed by atoms with Gasteiger partial charge in [-0.1, -0.05) is 40.0 Å². The predicted octanol–water partition coefficient (Wildman–Crippen LogP) is 2.93. The minimum atomic E-state index is -0.424. The molecule has 0 spiro atoms. The van der Waals surface area contributed by atoms with Crippen LogP contribution in [0.1, 0.15) is 91.4 Å². The van der Waals surface area contributed by atoms with Gasteiger partial charge in [-0.15, -0.1) is 0 Å². The number of hydrogen-bond donors (Lipinski definition) is 4. The minimum Gasteiger partial charge on any atom is -0.356 e. The summed E-state index contributed by atoms with van der Waals surface area (Å²) >= 11 is 0. The number of hydrogen-bond acceptors (Lipinski definition) is 5. The number of likely N-dealkylation sites (N-methyl/N-ethyl adjacent to an activating group) is 1. The van der Waals surface area contributed by atoms with Crippen molar-refractivity contribution >= 4 is 17.6 Å². The Kier molecular flexibility index (Phi) is 18.3. The van der Waals surface area contributed by atoms with Gasteiger partial charge in [0, 0.05) is 18.9 Å². The molecule has 31 heavy (non-hydrogen) atoms. The average molecular weight is 441 g/mol. The molecule has 0 aliphatic heterocycles. The maximum absolute atomic E-state index is 12.7. The maximum atomic E-state index is 12.7. The number of nitrogens with one attached hydrogen (secondary N) is 4. The van der Waals surface area contributed by atoms with Gasteiger partial charge in [-0.25, -0.2) is 0 Å². The van der Waals surface area contributed by atoms with Gasteiger partial charge < -0.3 is 21.3 Å². The molecular weight excluding hydrogens is 392 g/mol. The van der Waals surface area contributed by atoms with E-state index in [0.29, 0.717) is 25.8 Å². The lowest BCUT2D eigenvalue weighted by Crippen LogP contribution is -2.50. The molecule has 7 nitrogen and oxygen atoms in total. The third-order valence-corrected chi connectivity index (χ3v) is 5.56. The van der Waals surface area contributed by atoms with Crippen LogP contribution in [-0.4, -0.2) is 56.9 Å². The van der Waals surface area contributed by atoms with E-state index in [1.807, 2.05) is 20.9 Å². The van der Waals surface area contributed by atoms with Crippen molar-refractivity contribution in [2.24, 2.45) is 5.92 Å². The standard InChI is InChI=1S/C24H48N4O3/c1-6-7-8-9-16-22(29)27-18-13-11-15-21(26-5)24(31)28-20(23(30)19(2)3)14-10-12-17-25-4/h19-21,25-26H,6-18H2,1-5H3,(H,27,29)(H,28,31). The first kappa shape index (κ1) is 29.5. The van der Waals surface area contributed by atoms with Crippen LogP contribution >= 0.6 is 0 Å². The van der Waals surface area contributed by atoms with Crippen molar-refractivity contribution in [3.8, 4) is 0 Å². The Morgan fingerprint density at radius 2 is 1.42 bits per heavy atom. The average Bonchev–Trinajstić information content (AvgIpc) is 2.75. The number of ketones is 1. The van der Waals surface area contributed by atoms with E-state index in [-0.39, 0.29) is 29.6 Å². The number of amides is 2. The van der Waals surface area contributed by atoms with Gasteiger partial charge in [0.05, 0.1) is 12.1 Å². The van der Waals surface area contributed by atoms with Crippen LogP contribution < -0.4 is 21.3 Å². The van der Waals surface area contributed by atoms with Crippen LogP contribution in [-0.2, 0) is 14.4 Å². The molecule has 0 aliphatic rings. The van der Waals surface area contributed by atoms with Gasteiger partial charge in [-0.3, -0.25) is 14.4 Å². The molecule has 0 saturated carbocycles. The molecule has 0 aromatic carbocycles. The summed E-state index contributed by atoms with van der Waals surface area (Å²) in [6.07, 6.45) is 9.91. The minimum absolute atomic E-state index is 0.0920. The van der Waals surface area contributed by atoms with Gasteiger partial charge in [-0.05, 0) is 65.6 Å². The van der Waals surface area contributed by atoms with Gasteiger partial charge in [0.2, 0.25) is 11.8 Å². The largest absolute Gasteiger partial charge is 0.356 e. The molecule has 2 atom stereocenters. The van der Waals surface area contributed by atoms with E-state index in [1.165, 1.54) is 12.8 Å². The van der Waals surface area contributed by atoms with Crippen molar-refractivity contribution in [1.29, 1.82) is 0 Å². The molecule has 0 radical (unpaired) electrons. The van der Waals surface area contributed by atoms with E-state index in [0.717, 1.165) is 45.1 Å². The quantitative estimate of drug-likeness (QED) is 0.218. The zero-order valence-electron chi connectivity index (χ0n) is 20.6. The first-order chi connectivity index (χ1) is 14.9. The molecule has 4 N–H and O–H groups in total. The Hall–Kier alpha value is -1.47. The van der Waals surface area contributed by atoms with E-state index in [1.54, 1.807) is 7.05 Å². The number of carbonyl (C=O) groups is 3. The fourth-order valence-electron chi connectivity index (χ4n) is 3.52. The Bertz CT molecular complexity index is 497. The highest BCUT2D eigenvalue weighted by molar-refractivity contribution is 5.91. The van der Waals surface area contributed by atoms with Gasteiger partial charge >= 0.3 is 0 Å². The highest BCUT2D eigenvalue weighted by Crippen LogP contribution is 2.10. The van der Waals surface area contributed by atoms with Crippen molar-refractivity contribution in [3.05, 3.63) is 0 Å². The molecule has 0 aromatic heterocycles. The Morgan fingerprint density at radius 1 is 0.774 bits per heavy atom. The van der Waals surface area contributed by atoms with E-state index in [2.05, 4.69) is 28.2 Å². The molecular formula is C24H48N4O3. The summed E-state index contributed by atoms with van der Waals surface area (Å²) in [5.41, 5.74) is 0. The normalized spacial score (nSPS) is 13.1. The molecule has 0 saturated heterocycles. The highest BCUT2D eigenvalue weighted by Gasteiger charge is 2.25. The third-order valence-electron chi connectivity index (χ3n) is 5.56. The van der Waals surface area contributed by atoms with Crippen LogP contribution in [0, 0.1) is 5.92 Å². The Morgan fingerprint density at radius 3 is 2.00 bits per heavy atom. The zero-order valence-corrected chi connectivity index (χ0v) is 20.6. The fourth-order valence-corrected chi connectivity index (χ4v) is 3.52. The summed E-state index contributed by atoms with van der Waals surface area (Å²) in [6, 6.07) is -0.753. The summed E-state index contributed by atoms with van der Waals surface area (Å²) in [6.45, 7) is 7.47. The summed E-state index contributed by atoms with van der Waals surface area (Å²) in [5, 5.41) is 12.1.